The number of nitrogens with two attached hydrogens (primary N) is 1. The number of anilines is 1. The van der Waals surface area contributed by atoms with Crippen molar-refractivity contribution < 1.29 is 4.52 Å². The Morgan fingerprint density at radius 1 is 1.24 bits per heavy atom. The molecule has 0 amide bonds. The molecule has 2 N–H and O–H groups in total. The second-order valence-corrected chi connectivity index (χ2v) is 4.37. The number of rotatable bonds is 4. The fourth-order valence-electron chi connectivity index (χ4n) is 1.77. The van der Waals surface area contributed by atoms with Crippen molar-refractivity contribution in [2.75, 3.05) is 19.8 Å². The topological polar surface area (TPSA) is 55.3 Å². The van der Waals surface area contributed by atoms with Crippen molar-refractivity contribution in [2.24, 2.45) is 0 Å². The summed E-state index contributed by atoms with van der Waals surface area (Å²) in [5.41, 5.74) is 8.93. The number of benzene rings is 1. The van der Waals surface area contributed by atoms with Crippen LogP contribution in [0.25, 0.3) is 0 Å². The molecule has 4 heteroatoms. The minimum absolute atomic E-state index is 0.422. The van der Waals surface area contributed by atoms with Crippen molar-refractivity contribution in [3.05, 3.63) is 47.2 Å². The van der Waals surface area contributed by atoms with Crippen molar-refractivity contribution in [2.45, 2.75) is 13.0 Å². The van der Waals surface area contributed by atoms with Gasteiger partial charge in [0.15, 0.2) is 0 Å². The van der Waals surface area contributed by atoms with Crippen LogP contribution >= 0.6 is 0 Å². The molecule has 1 aromatic carbocycles. The Labute approximate surface area is 101 Å². The zero-order chi connectivity index (χ0) is 12.3. The molecule has 1 heterocycles. The fourth-order valence-corrected chi connectivity index (χ4v) is 1.77. The highest BCUT2D eigenvalue weighted by Crippen LogP contribution is 2.21. The van der Waals surface area contributed by atoms with Crippen LogP contribution in [0.2, 0.25) is 0 Å². The molecular formula is C13H17N3O. The quantitative estimate of drug-likeness (QED) is 0.873. The zero-order valence-electron chi connectivity index (χ0n) is 10.2. The highest BCUT2D eigenvalue weighted by atomic mass is 16.5. The lowest BCUT2D eigenvalue weighted by Gasteiger charge is -2.08. The molecule has 4 nitrogen and oxygen atoms in total. The maximum atomic E-state index is 5.82. The van der Waals surface area contributed by atoms with Gasteiger partial charge in [0, 0.05) is 18.5 Å². The summed E-state index contributed by atoms with van der Waals surface area (Å²) < 4.78 is 5.07. The first kappa shape index (κ1) is 11.7. The number of nitrogens with zero attached hydrogens (tertiary/aromatic N) is 2. The largest absolute Gasteiger partial charge is 0.367 e. The normalized spacial score (nSPS) is 11.0. The zero-order valence-corrected chi connectivity index (χ0v) is 10.2. The van der Waals surface area contributed by atoms with Gasteiger partial charge < -0.3 is 15.2 Å². The van der Waals surface area contributed by atoms with E-state index in [4.69, 9.17) is 10.3 Å². The fraction of sp³-hybridized carbons (Fsp3) is 0.308. The molecule has 0 spiro atoms. The van der Waals surface area contributed by atoms with Gasteiger partial charge in [-0.05, 0) is 19.7 Å². The van der Waals surface area contributed by atoms with Gasteiger partial charge in [0.2, 0.25) is 5.88 Å². The second-order valence-electron chi connectivity index (χ2n) is 4.37. The van der Waals surface area contributed by atoms with Crippen LogP contribution < -0.4 is 5.73 Å². The van der Waals surface area contributed by atoms with Crippen LogP contribution in [0.5, 0.6) is 0 Å². The third kappa shape index (κ3) is 2.85. The second kappa shape index (κ2) is 5.01. The Morgan fingerprint density at radius 3 is 2.59 bits per heavy atom. The monoisotopic (exact) mass is 231 g/mol. The van der Waals surface area contributed by atoms with Gasteiger partial charge in [-0.15, -0.1) is 0 Å². The maximum absolute atomic E-state index is 5.82. The molecule has 2 rings (SSSR count). The van der Waals surface area contributed by atoms with Gasteiger partial charge in [-0.2, -0.15) is 0 Å². The SMILES string of the molecule is CN(C)Cc1noc(N)c1Cc1ccccc1. The van der Waals surface area contributed by atoms with Crippen molar-refractivity contribution in [1.29, 1.82) is 0 Å². The molecule has 0 aliphatic carbocycles. The summed E-state index contributed by atoms with van der Waals surface area (Å²) in [4.78, 5) is 2.05. The summed E-state index contributed by atoms with van der Waals surface area (Å²) in [6.07, 6.45) is 0.763. The predicted molar refractivity (Wildman–Crippen MR) is 67.6 cm³/mol. The number of nitrogen functional groups attached to an aromatic ring is 1. The summed E-state index contributed by atoms with van der Waals surface area (Å²) in [6.45, 7) is 0.739. The molecule has 0 saturated carbocycles. The van der Waals surface area contributed by atoms with E-state index < -0.39 is 0 Å². The van der Waals surface area contributed by atoms with E-state index >= 15 is 0 Å². The van der Waals surface area contributed by atoms with Crippen LogP contribution in [0, 0.1) is 0 Å². The van der Waals surface area contributed by atoms with Gasteiger partial charge in [-0.3, -0.25) is 0 Å². The summed E-state index contributed by atoms with van der Waals surface area (Å²) in [6, 6.07) is 10.2. The lowest BCUT2D eigenvalue weighted by Crippen LogP contribution is -2.12. The first-order valence-electron chi connectivity index (χ1n) is 5.58. The Hall–Kier alpha value is -1.81. The number of hydrogen-bond donors (Lipinski definition) is 1. The first-order valence-corrected chi connectivity index (χ1v) is 5.58. The van der Waals surface area contributed by atoms with Crippen LogP contribution in [0.1, 0.15) is 16.8 Å². The number of hydrogen-bond acceptors (Lipinski definition) is 4. The van der Waals surface area contributed by atoms with Gasteiger partial charge >= 0.3 is 0 Å². The molecule has 0 aliphatic heterocycles. The van der Waals surface area contributed by atoms with Gasteiger partial charge in [0.25, 0.3) is 0 Å². The lowest BCUT2D eigenvalue weighted by atomic mass is 10.0. The average Bonchev–Trinajstić information content (AvgIpc) is 2.62. The molecule has 0 bridgehead atoms. The summed E-state index contributed by atoms with van der Waals surface area (Å²) in [5, 5.41) is 4.01. The molecule has 0 aliphatic rings. The van der Waals surface area contributed by atoms with E-state index in [0.717, 1.165) is 24.2 Å². The lowest BCUT2D eigenvalue weighted by molar-refractivity contribution is 0.367. The van der Waals surface area contributed by atoms with Crippen molar-refractivity contribution >= 4 is 5.88 Å². The van der Waals surface area contributed by atoms with Crippen LogP contribution in [-0.4, -0.2) is 24.2 Å². The van der Waals surface area contributed by atoms with E-state index in [1.165, 1.54) is 5.56 Å². The van der Waals surface area contributed by atoms with Crippen LogP contribution in [-0.2, 0) is 13.0 Å². The van der Waals surface area contributed by atoms with E-state index in [9.17, 15) is 0 Å². The molecule has 0 saturated heterocycles. The molecular weight excluding hydrogens is 214 g/mol. The third-order valence-electron chi connectivity index (χ3n) is 2.59. The number of aromatic nitrogens is 1. The Balaban J connectivity index is 2.23. The summed E-state index contributed by atoms with van der Waals surface area (Å²) >= 11 is 0. The minimum atomic E-state index is 0.422. The highest BCUT2D eigenvalue weighted by Gasteiger charge is 2.14. The van der Waals surface area contributed by atoms with E-state index in [-0.39, 0.29) is 0 Å². The van der Waals surface area contributed by atoms with Crippen molar-refractivity contribution in [3.8, 4) is 0 Å². The molecule has 0 unspecified atom stereocenters. The smallest absolute Gasteiger partial charge is 0.225 e. The minimum Gasteiger partial charge on any atom is -0.367 e. The standard InChI is InChI=1S/C13H17N3O/c1-16(2)9-12-11(13(14)17-15-12)8-10-6-4-3-5-7-10/h3-7H,8-9,14H2,1-2H3. The summed E-state index contributed by atoms with van der Waals surface area (Å²) in [5.74, 6) is 0.422. The molecule has 2 aromatic rings. The van der Waals surface area contributed by atoms with Gasteiger partial charge in [-0.1, -0.05) is 35.5 Å². The molecule has 0 atom stereocenters. The van der Waals surface area contributed by atoms with Crippen molar-refractivity contribution in [1.82, 2.24) is 10.1 Å². The van der Waals surface area contributed by atoms with Crippen LogP contribution in [0.4, 0.5) is 5.88 Å². The Bertz CT molecular complexity index is 477. The maximum Gasteiger partial charge on any atom is 0.225 e. The van der Waals surface area contributed by atoms with E-state index in [1.807, 2.05) is 37.2 Å². The van der Waals surface area contributed by atoms with E-state index in [2.05, 4.69) is 17.3 Å². The third-order valence-corrected chi connectivity index (χ3v) is 2.59. The molecule has 1 aromatic heterocycles. The molecule has 0 radical (unpaired) electrons. The molecule has 17 heavy (non-hydrogen) atoms. The first-order chi connectivity index (χ1) is 8.16. The van der Waals surface area contributed by atoms with Crippen molar-refractivity contribution in [3.63, 3.8) is 0 Å². The van der Waals surface area contributed by atoms with Gasteiger partial charge in [0.05, 0.1) is 0 Å². The van der Waals surface area contributed by atoms with E-state index in [0.29, 0.717) is 5.88 Å². The van der Waals surface area contributed by atoms with Gasteiger partial charge in [-0.25, -0.2) is 0 Å². The summed E-state index contributed by atoms with van der Waals surface area (Å²) in [7, 11) is 3.99. The molecule has 90 valence electrons. The average molecular weight is 231 g/mol. The van der Waals surface area contributed by atoms with Crippen LogP contribution in [0.3, 0.4) is 0 Å². The highest BCUT2D eigenvalue weighted by molar-refractivity contribution is 5.42. The Kier molecular flexibility index (Phi) is 3.44. The van der Waals surface area contributed by atoms with Gasteiger partial charge in [0.1, 0.15) is 5.69 Å². The molecule has 0 fully saturated rings. The predicted octanol–water partition coefficient (Wildman–Crippen LogP) is 1.91. The Morgan fingerprint density at radius 2 is 1.94 bits per heavy atom. The van der Waals surface area contributed by atoms with E-state index in [1.54, 1.807) is 0 Å². The van der Waals surface area contributed by atoms with Crippen LogP contribution in [0.15, 0.2) is 34.9 Å².